The molecule has 3 aromatic rings. The molecule has 31 heavy (non-hydrogen) atoms. The summed E-state index contributed by atoms with van der Waals surface area (Å²) in [7, 11) is 0. The van der Waals surface area contributed by atoms with Gasteiger partial charge in [0.2, 0.25) is 5.91 Å². The zero-order chi connectivity index (χ0) is 21.8. The van der Waals surface area contributed by atoms with Gasteiger partial charge < -0.3 is 9.64 Å². The molecule has 162 valence electrons. The maximum Gasteiger partial charge on any atom is 0.235 e. The molecular weight excluding hydrogens is 408 g/mol. The van der Waals surface area contributed by atoms with Crippen molar-refractivity contribution < 1.29 is 9.53 Å². The van der Waals surface area contributed by atoms with E-state index in [0.717, 1.165) is 54.3 Å². The van der Waals surface area contributed by atoms with Gasteiger partial charge in [-0.05, 0) is 63.9 Å². The van der Waals surface area contributed by atoms with Crippen molar-refractivity contribution in [3.05, 3.63) is 54.1 Å². The molecule has 7 heteroatoms. The summed E-state index contributed by atoms with van der Waals surface area (Å²) in [5.41, 5.74) is 3.09. The minimum atomic E-state index is -0.228. The number of aryl methyl sites for hydroxylation is 1. The normalized spacial score (nSPS) is 14.6. The number of aromatic nitrogens is 3. The van der Waals surface area contributed by atoms with Gasteiger partial charge >= 0.3 is 0 Å². The molecule has 0 N–H and O–H groups in total. The lowest BCUT2D eigenvalue weighted by molar-refractivity contribution is -0.129. The van der Waals surface area contributed by atoms with Crippen LogP contribution in [0.2, 0.25) is 0 Å². The Morgan fingerprint density at radius 3 is 2.55 bits per heavy atom. The quantitative estimate of drug-likeness (QED) is 0.501. The molecule has 0 aliphatic carbocycles. The van der Waals surface area contributed by atoms with Crippen molar-refractivity contribution in [2.75, 3.05) is 19.7 Å². The third kappa shape index (κ3) is 4.77. The maximum absolute atomic E-state index is 12.9. The number of carbonyl (C=O) groups excluding carboxylic acids is 1. The molecule has 0 saturated carbocycles. The Morgan fingerprint density at radius 2 is 1.87 bits per heavy atom. The van der Waals surface area contributed by atoms with Crippen LogP contribution in [0.25, 0.3) is 17.1 Å². The predicted octanol–water partition coefficient (Wildman–Crippen LogP) is 4.74. The first-order valence-electron chi connectivity index (χ1n) is 10.8. The van der Waals surface area contributed by atoms with E-state index in [0.29, 0.717) is 11.8 Å². The second kappa shape index (κ2) is 9.56. The number of amides is 1. The molecule has 1 atom stereocenters. The van der Waals surface area contributed by atoms with Crippen LogP contribution < -0.4 is 4.74 Å². The molecule has 0 radical (unpaired) electrons. The van der Waals surface area contributed by atoms with Crippen molar-refractivity contribution in [1.29, 1.82) is 0 Å². The smallest absolute Gasteiger partial charge is 0.235 e. The molecule has 6 nitrogen and oxygen atoms in total. The van der Waals surface area contributed by atoms with Gasteiger partial charge in [0.1, 0.15) is 5.75 Å². The van der Waals surface area contributed by atoms with Gasteiger partial charge in [-0.2, -0.15) is 0 Å². The van der Waals surface area contributed by atoms with Crippen molar-refractivity contribution >= 4 is 17.7 Å². The van der Waals surface area contributed by atoms with Crippen molar-refractivity contribution in [3.63, 3.8) is 0 Å². The number of nitrogens with zero attached hydrogens (tertiary/aromatic N) is 4. The van der Waals surface area contributed by atoms with Crippen LogP contribution in [-0.2, 0) is 4.79 Å². The first-order valence-corrected chi connectivity index (χ1v) is 11.7. The molecular formula is C24H28N4O2S. The SMILES string of the molecule is CCOc1ccc(-n2c(SC(C)C(=O)N3CCCC3)nnc2-c2cccc(C)c2)cc1. The second-order valence-corrected chi connectivity index (χ2v) is 9.04. The zero-order valence-electron chi connectivity index (χ0n) is 18.2. The number of hydrogen-bond acceptors (Lipinski definition) is 5. The highest BCUT2D eigenvalue weighted by Gasteiger charge is 2.27. The first kappa shape index (κ1) is 21.4. The fourth-order valence-corrected chi connectivity index (χ4v) is 4.76. The Labute approximate surface area is 187 Å². The van der Waals surface area contributed by atoms with Gasteiger partial charge in [-0.25, -0.2) is 0 Å². The van der Waals surface area contributed by atoms with Crippen molar-refractivity contribution in [2.45, 2.75) is 44.0 Å². The van der Waals surface area contributed by atoms with E-state index < -0.39 is 0 Å². The highest BCUT2D eigenvalue weighted by Crippen LogP contribution is 2.32. The van der Waals surface area contributed by atoms with E-state index in [2.05, 4.69) is 29.3 Å². The number of ether oxygens (including phenoxy) is 1. The predicted molar refractivity (Wildman–Crippen MR) is 124 cm³/mol. The van der Waals surface area contributed by atoms with Gasteiger partial charge in [-0.1, -0.05) is 35.5 Å². The molecule has 2 aromatic carbocycles. The van der Waals surface area contributed by atoms with Crippen LogP contribution in [0.1, 0.15) is 32.3 Å². The van der Waals surface area contributed by atoms with E-state index in [-0.39, 0.29) is 11.2 Å². The van der Waals surface area contributed by atoms with Crippen LogP contribution in [0.15, 0.2) is 53.7 Å². The van der Waals surface area contributed by atoms with E-state index in [4.69, 9.17) is 4.74 Å². The highest BCUT2D eigenvalue weighted by atomic mass is 32.2. The van der Waals surface area contributed by atoms with Crippen molar-refractivity contribution in [1.82, 2.24) is 19.7 Å². The Bertz CT molecular complexity index is 1040. The Hall–Kier alpha value is -2.80. The topological polar surface area (TPSA) is 60.2 Å². The summed E-state index contributed by atoms with van der Waals surface area (Å²) in [6, 6.07) is 16.1. The first-order chi connectivity index (χ1) is 15.1. The van der Waals surface area contributed by atoms with Gasteiger partial charge in [0.05, 0.1) is 11.9 Å². The summed E-state index contributed by atoms with van der Waals surface area (Å²) in [6.07, 6.45) is 2.17. The number of benzene rings is 2. The number of likely N-dealkylation sites (tertiary alicyclic amines) is 1. The third-order valence-electron chi connectivity index (χ3n) is 5.36. The van der Waals surface area contributed by atoms with E-state index in [1.165, 1.54) is 11.8 Å². The fraction of sp³-hybridized carbons (Fsp3) is 0.375. The van der Waals surface area contributed by atoms with Gasteiger partial charge in [0, 0.05) is 24.3 Å². The minimum absolute atomic E-state index is 0.167. The molecule has 0 bridgehead atoms. The fourth-order valence-electron chi connectivity index (χ4n) is 3.81. The molecule has 0 spiro atoms. The molecule has 2 heterocycles. The molecule has 1 aliphatic heterocycles. The number of thioether (sulfide) groups is 1. The zero-order valence-corrected chi connectivity index (χ0v) is 19.1. The summed E-state index contributed by atoms with van der Waals surface area (Å²) in [5.74, 6) is 1.75. The molecule has 4 rings (SSSR count). The van der Waals surface area contributed by atoms with Crippen LogP contribution in [-0.4, -0.2) is 50.5 Å². The number of rotatable bonds is 7. The average molecular weight is 437 g/mol. The lowest BCUT2D eigenvalue weighted by Crippen LogP contribution is -2.34. The molecule has 1 aliphatic rings. The lowest BCUT2D eigenvalue weighted by Gasteiger charge is -2.20. The molecule has 1 amide bonds. The third-order valence-corrected chi connectivity index (χ3v) is 6.39. The van der Waals surface area contributed by atoms with Crippen LogP contribution >= 0.6 is 11.8 Å². The lowest BCUT2D eigenvalue weighted by atomic mass is 10.1. The monoisotopic (exact) mass is 436 g/mol. The highest BCUT2D eigenvalue weighted by molar-refractivity contribution is 8.00. The van der Waals surface area contributed by atoms with Crippen LogP contribution in [0.5, 0.6) is 5.75 Å². The van der Waals surface area contributed by atoms with Gasteiger partial charge in [-0.3, -0.25) is 9.36 Å². The minimum Gasteiger partial charge on any atom is -0.494 e. The van der Waals surface area contributed by atoms with Crippen molar-refractivity contribution in [3.8, 4) is 22.8 Å². The Morgan fingerprint density at radius 1 is 1.13 bits per heavy atom. The van der Waals surface area contributed by atoms with Crippen LogP contribution in [0.4, 0.5) is 0 Å². The summed E-state index contributed by atoms with van der Waals surface area (Å²) in [5, 5.41) is 9.47. The summed E-state index contributed by atoms with van der Waals surface area (Å²) in [4.78, 5) is 14.8. The van der Waals surface area contributed by atoms with Gasteiger partial charge in [0.15, 0.2) is 11.0 Å². The summed E-state index contributed by atoms with van der Waals surface area (Å²) < 4.78 is 7.63. The van der Waals surface area contributed by atoms with Gasteiger partial charge in [-0.15, -0.1) is 10.2 Å². The van der Waals surface area contributed by atoms with E-state index in [1.54, 1.807) is 0 Å². The number of carbonyl (C=O) groups is 1. The summed E-state index contributed by atoms with van der Waals surface area (Å²) >= 11 is 1.46. The van der Waals surface area contributed by atoms with Crippen LogP contribution in [0, 0.1) is 6.92 Å². The second-order valence-electron chi connectivity index (χ2n) is 7.73. The Kier molecular flexibility index (Phi) is 6.61. The van der Waals surface area contributed by atoms with E-state index in [9.17, 15) is 4.79 Å². The molecule has 1 unspecified atom stereocenters. The van der Waals surface area contributed by atoms with Gasteiger partial charge in [0.25, 0.3) is 0 Å². The molecule has 1 saturated heterocycles. The number of hydrogen-bond donors (Lipinski definition) is 0. The van der Waals surface area contributed by atoms with Crippen LogP contribution in [0.3, 0.4) is 0 Å². The summed E-state index contributed by atoms with van der Waals surface area (Å²) in [6.45, 7) is 8.31. The van der Waals surface area contributed by atoms with Crippen molar-refractivity contribution in [2.24, 2.45) is 0 Å². The average Bonchev–Trinajstić information content (AvgIpc) is 3.44. The van der Waals surface area contributed by atoms with E-state index in [1.807, 2.05) is 59.7 Å². The Balaban J connectivity index is 1.70. The van der Waals surface area contributed by atoms with E-state index >= 15 is 0 Å². The maximum atomic E-state index is 12.9. The molecule has 1 fully saturated rings. The molecule has 1 aromatic heterocycles. The standard InChI is InChI=1S/C24H28N4O2S/c1-4-30-21-12-10-20(11-13-21)28-22(19-9-7-8-17(2)16-19)25-26-24(28)31-18(3)23(29)27-14-5-6-15-27/h7-13,16,18H,4-6,14-15H2,1-3H3. The largest absolute Gasteiger partial charge is 0.494 e.